The molecule has 2 atom stereocenters. The van der Waals surface area contributed by atoms with Gasteiger partial charge in [0.15, 0.2) is 0 Å². The van der Waals surface area contributed by atoms with Crippen LogP contribution in [-0.2, 0) is 0 Å². The van der Waals surface area contributed by atoms with Crippen LogP contribution in [0.3, 0.4) is 0 Å². The zero-order chi connectivity index (χ0) is 12.5. The number of rotatable bonds is 2. The lowest BCUT2D eigenvalue weighted by Gasteiger charge is -2.45. The minimum Gasteiger partial charge on any atom is -0.311 e. The van der Waals surface area contributed by atoms with E-state index in [0.717, 1.165) is 12.0 Å². The summed E-state index contributed by atoms with van der Waals surface area (Å²) in [7, 11) is 0. The van der Waals surface area contributed by atoms with Crippen LogP contribution in [0.1, 0.15) is 53.4 Å². The van der Waals surface area contributed by atoms with E-state index in [9.17, 15) is 0 Å². The van der Waals surface area contributed by atoms with E-state index in [1.807, 2.05) is 0 Å². The highest BCUT2D eigenvalue weighted by molar-refractivity contribution is 4.89. The van der Waals surface area contributed by atoms with E-state index in [2.05, 4.69) is 37.9 Å². The normalized spacial score (nSPS) is 35.1. The minimum atomic E-state index is 0.571. The van der Waals surface area contributed by atoms with Gasteiger partial charge in [0.25, 0.3) is 0 Å². The highest BCUT2D eigenvalue weighted by Crippen LogP contribution is 2.37. The summed E-state index contributed by atoms with van der Waals surface area (Å²) in [5, 5.41) is 3.67. The van der Waals surface area contributed by atoms with Crippen LogP contribution in [0.4, 0.5) is 0 Å². The first-order valence-corrected chi connectivity index (χ1v) is 7.45. The SMILES string of the molecule is CC(C)C1CN(C2CCCC(C)(C)C2)CCN1. The van der Waals surface area contributed by atoms with Crippen molar-refractivity contribution >= 4 is 0 Å². The van der Waals surface area contributed by atoms with Gasteiger partial charge in [-0.05, 0) is 30.6 Å². The molecule has 1 aliphatic heterocycles. The quantitative estimate of drug-likeness (QED) is 0.796. The molecule has 2 unspecified atom stereocenters. The molecule has 0 aromatic rings. The van der Waals surface area contributed by atoms with Gasteiger partial charge in [0.2, 0.25) is 0 Å². The van der Waals surface area contributed by atoms with E-state index in [0.29, 0.717) is 11.5 Å². The van der Waals surface area contributed by atoms with Crippen molar-refractivity contribution < 1.29 is 0 Å². The molecule has 0 amide bonds. The lowest BCUT2D eigenvalue weighted by atomic mass is 9.74. The summed E-state index contributed by atoms with van der Waals surface area (Å²) in [4.78, 5) is 2.77. The zero-order valence-electron chi connectivity index (χ0n) is 12.1. The fourth-order valence-corrected chi connectivity index (χ4v) is 3.55. The smallest absolute Gasteiger partial charge is 0.0218 e. The maximum atomic E-state index is 3.67. The van der Waals surface area contributed by atoms with Crippen LogP contribution >= 0.6 is 0 Å². The Balaban J connectivity index is 1.92. The van der Waals surface area contributed by atoms with E-state index in [-0.39, 0.29) is 0 Å². The summed E-state index contributed by atoms with van der Waals surface area (Å²) in [5.41, 5.74) is 0.571. The lowest BCUT2D eigenvalue weighted by Crippen LogP contribution is -2.56. The second-order valence-corrected chi connectivity index (χ2v) is 7.21. The van der Waals surface area contributed by atoms with Gasteiger partial charge in [-0.25, -0.2) is 0 Å². The fraction of sp³-hybridized carbons (Fsp3) is 1.00. The van der Waals surface area contributed by atoms with Gasteiger partial charge < -0.3 is 5.32 Å². The Morgan fingerprint density at radius 3 is 2.71 bits per heavy atom. The summed E-state index contributed by atoms with van der Waals surface area (Å²) in [6.07, 6.45) is 5.67. The average molecular weight is 238 g/mol. The van der Waals surface area contributed by atoms with E-state index < -0.39 is 0 Å². The first-order chi connectivity index (χ1) is 7.98. The molecule has 1 N–H and O–H groups in total. The number of hydrogen-bond donors (Lipinski definition) is 1. The van der Waals surface area contributed by atoms with Crippen molar-refractivity contribution in [2.24, 2.45) is 11.3 Å². The van der Waals surface area contributed by atoms with Gasteiger partial charge in [0, 0.05) is 31.7 Å². The molecule has 0 bridgehead atoms. The van der Waals surface area contributed by atoms with E-state index in [1.54, 1.807) is 0 Å². The molecule has 0 aromatic heterocycles. The van der Waals surface area contributed by atoms with Crippen LogP contribution in [0.5, 0.6) is 0 Å². The second kappa shape index (κ2) is 5.27. The molecule has 0 radical (unpaired) electrons. The molecule has 2 fully saturated rings. The number of nitrogens with zero attached hydrogens (tertiary/aromatic N) is 1. The molecule has 17 heavy (non-hydrogen) atoms. The molecule has 2 heteroatoms. The van der Waals surface area contributed by atoms with Gasteiger partial charge in [0.05, 0.1) is 0 Å². The molecule has 1 saturated carbocycles. The Bertz CT molecular complexity index is 247. The van der Waals surface area contributed by atoms with Crippen LogP contribution < -0.4 is 5.32 Å². The summed E-state index contributed by atoms with van der Waals surface area (Å²) in [6, 6.07) is 1.55. The van der Waals surface area contributed by atoms with Crippen molar-refractivity contribution in [1.82, 2.24) is 10.2 Å². The predicted molar refractivity (Wildman–Crippen MR) is 74.2 cm³/mol. The monoisotopic (exact) mass is 238 g/mol. The van der Waals surface area contributed by atoms with Crippen LogP contribution in [0.15, 0.2) is 0 Å². The molecule has 2 nitrogen and oxygen atoms in total. The summed E-state index contributed by atoms with van der Waals surface area (Å²) in [6.45, 7) is 13.3. The van der Waals surface area contributed by atoms with Crippen LogP contribution in [0, 0.1) is 11.3 Å². The molecular formula is C15H30N2. The van der Waals surface area contributed by atoms with Gasteiger partial charge in [-0.2, -0.15) is 0 Å². The third kappa shape index (κ3) is 3.45. The summed E-state index contributed by atoms with van der Waals surface area (Å²) in [5.74, 6) is 0.759. The van der Waals surface area contributed by atoms with Crippen LogP contribution in [0.2, 0.25) is 0 Å². The Kier molecular flexibility index (Phi) is 4.14. The van der Waals surface area contributed by atoms with Gasteiger partial charge >= 0.3 is 0 Å². The maximum absolute atomic E-state index is 3.67. The largest absolute Gasteiger partial charge is 0.311 e. The zero-order valence-corrected chi connectivity index (χ0v) is 12.1. The van der Waals surface area contributed by atoms with Crippen LogP contribution in [-0.4, -0.2) is 36.6 Å². The first-order valence-electron chi connectivity index (χ1n) is 7.45. The van der Waals surface area contributed by atoms with Crippen molar-refractivity contribution in [1.29, 1.82) is 0 Å². The van der Waals surface area contributed by atoms with Gasteiger partial charge in [-0.15, -0.1) is 0 Å². The highest BCUT2D eigenvalue weighted by atomic mass is 15.2. The number of piperazine rings is 1. The Labute approximate surface area is 107 Å². The molecule has 2 aliphatic rings. The molecule has 0 spiro atoms. The fourth-order valence-electron chi connectivity index (χ4n) is 3.55. The molecule has 100 valence electrons. The number of nitrogens with one attached hydrogen (secondary N) is 1. The highest BCUT2D eigenvalue weighted by Gasteiger charge is 2.33. The van der Waals surface area contributed by atoms with Crippen molar-refractivity contribution in [3.63, 3.8) is 0 Å². The van der Waals surface area contributed by atoms with E-state index in [1.165, 1.54) is 45.3 Å². The molecule has 1 saturated heterocycles. The third-order valence-electron chi connectivity index (χ3n) is 4.74. The van der Waals surface area contributed by atoms with Crippen molar-refractivity contribution in [3.8, 4) is 0 Å². The Morgan fingerprint density at radius 1 is 1.29 bits per heavy atom. The average Bonchev–Trinajstić information content (AvgIpc) is 2.28. The Morgan fingerprint density at radius 2 is 2.06 bits per heavy atom. The molecule has 2 rings (SSSR count). The molecule has 1 aliphatic carbocycles. The molecule has 1 heterocycles. The first kappa shape index (κ1) is 13.4. The predicted octanol–water partition coefficient (Wildman–Crippen LogP) is 2.89. The van der Waals surface area contributed by atoms with E-state index >= 15 is 0 Å². The minimum absolute atomic E-state index is 0.571. The van der Waals surface area contributed by atoms with Crippen LogP contribution in [0.25, 0.3) is 0 Å². The lowest BCUT2D eigenvalue weighted by molar-refractivity contribution is 0.0633. The van der Waals surface area contributed by atoms with Gasteiger partial charge in [-0.1, -0.05) is 34.1 Å². The Hall–Kier alpha value is -0.0800. The van der Waals surface area contributed by atoms with Gasteiger partial charge in [0.1, 0.15) is 0 Å². The third-order valence-corrected chi connectivity index (χ3v) is 4.74. The van der Waals surface area contributed by atoms with Crippen molar-refractivity contribution in [2.75, 3.05) is 19.6 Å². The van der Waals surface area contributed by atoms with E-state index in [4.69, 9.17) is 0 Å². The standard InChI is InChI=1S/C15H30N2/c1-12(2)14-11-17(9-8-16-14)13-6-5-7-15(3,4)10-13/h12-14,16H,5-11H2,1-4H3. The van der Waals surface area contributed by atoms with Crippen molar-refractivity contribution in [2.45, 2.75) is 65.5 Å². The summed E-state index contributed by atoms with van der Waals surface area (Å²) < 4.78 is 0. The van der Waals surface area contributed by atoms with Gasteiger partial charge in [-0.3, -0.25) is 4.90 Å². The molecular weight excluding hydrogens is 208 g/mol. The topological polar surface area (TPSA) is 15.3 Å². The second-order valence-electron chi connectivity index (χ2n) is 7.21. The molecule has 0 aromatic carbocycles. The number of hydrogen-bond acceptors (Lipinski definition) is 2. The maximum Gasteiger partial charge on any atom is 0.0218 e. The summed E-state index contributed by atoms with van der Waals surface area (Å²) >= 11 is 0. The van der Waals surface area contributed by atoms with Crippen molar-refractivity contribution in [3.05, 3.63) is 0 Å².